The SMILES string of the molecule is Cn1cnnc1CNC(=O)c1cccc(C#N)c1. The fourth-order valence-electron chi connectivity index (χ4n) is 1.46. The zero-order valence-electron chi connectivity index (χ0n) is 9.79. The number of rotatable bonds is 3. The Bertz CT molecular complexity index is 611. The zero-order valence-corrected chi connectivity index (χ0v) is 9.79. The first-order chi connectivity index (χ1) is 8.70. The second kappa shape index (κ2) is 5.10. The highest BCUT2D eigenvalue weighted by Gasteiger charge is 2.07. The van der Waals surface area contributed by atoms with Gasteiger partial charge in [-0.3, -0.25) is 4.79 Å². The molecule has 0 unspecified atom stereocenters. The number of hydrogen-bond acceptors (Lipinski definition) is 4. The molecule has 1 amide bonds. The highest BCUT2D eigenvalue weighted by atomic mass is 16.1. The number of nitrogens with one attached hydrogen (secondary N) is 1. The van der Waals surface area contributed by atoms with Gasteiger partial charge in [0.05, 0.1) is 18.2 Å². The van der Waals surface area contributed by atoms with Crippen molar-refractivity contribution in [2.45, 2.75) is 6.54 Å². The van der Waals surface area contributed by atoms with Crippen molar-refractivity contribution in [1.29, 1.82) is 5.26 Å². The predicted octanol–water partition coefficient (Wildman–Crippen LogP) is 0.617. The van der Waals surface area contributed by atoms with Crippen molar-refractivity contribution >= 4 is 5.91 Å². The Morgan fingerprint density at radius 2 is 2.39 bits per heavy atom. The third-order valence-corrected chi connectivity index (χ3v) is 2.47. The second-order valence-electron chi connectivity index (χ2n) is 3.73. The minimum Gasteiger partial charge on any atom is -0.345 e. The van der Waals surface area contributed by atoms with Crippen LogP contribution in [0.2, 0.25) is 0 Å². The maximum atomic E-state index is 11.8. The zero-order chi connectivity index (χ0) is 13.0. The second-order valence-corrected chi connectivity index (χ2v) is 3.73. The van der Waals surface area contributed by atoms with Gasteiger partial charge in [-0.1, -0.05) is 6.07 Å². The summed E-state index contributed by atoms with van der Waals surface area (Å²) in [6, 6.07) is 8.53. The van der Waals surface area contributed by atoms with Gasteiger partial charge in [-0.15, -0.1) is 10.2 Å². The third kappa shape index (κ3) is 2.52. The number of benzene rings is 1. The van der Waals surface area contributed by atoms with Crippen LogP contribution in [-0.4, -0.2) is 20.7 Å². The van der Waals surface area contributed by atoms with Crippen LogP contribution in [0.25, 0.3) is 0 Å². The molecular weight excluding hydrogens is 230 g/mol. The van der Waals surface area contributed by atoms with Crippen LogP contribution < -0.4 is 5.32 Å². The summed E-state index contributed by atoms with van der Waals surface area (Å²) >= 11 is 0. The first-order valence-electron chi connectivity index (χ1n) is 5.32. The van der Waals surface area contributed by atoms with E-state index in [1.807, 2.05) is 6.07 Å². The molecular formula is C12H11N5O. The quantitative estimate of drug-likeness (QED) is 0.853. The molecule has 0 atom stereocenters. The van der Waals surface area contributed by atoms with Crippen LogP contribution in [0.4, 0.5) is 0 Å². The summed E-state index contributed by atoms with van der Waals surface area (Å²) in [7, 11) is 1.80. The average molecular weight is 241 g/mol. The molecule has 0 saturated heterocycles. The van der Waals surface area contributed by atoms with Gasteiger partial charge in [-0.2, -0.15) is 5.26 Å². The van der Waals surface area contributed by atoms with Crippen molar-refractivity contribution in [3.63, 3.8) is 0 Å². The molecule has 0 aliphatic rings. The highest BCUT2D eigenvalue weighted by Crippen LogP contribution is 2.04. The Hall–Kier alpha value is -2.68. The Morgan fingerprint density at radius 3 is 3.06 bits per heavy atom. The van der Waals surface area contributed by atoms with Crippen LogP contribution in [0.1, 0.15) is 21.7 Å². The summed E-state index contributed by atoms with van der Waals surface area (Å²) in [6.07, 6.45) is 1.57. The predicted molar refractivity (Wildman–Crippen MR) is 63.3 cm³/mol. The van der Waals surface area contributed by atoms with Crippen molar-refractivity contribution in [2.75, 3.05) is 0 Å². The molecule has 6 nitrogen and oxygen atoms in total. The first-order valence-corrected chi connectivity index (χ1v) is 5.32. The molecule has 0 aliphatic heterocycles. The van der Waals surface area contributed by atoms with Crippen molar-refractivity contribution in [3.05, 3.63) is 47.5 Å². The van der Waals surface area contributed by atoms with Gasteiger partial charge in [0.2, 0.25) is 0 Å². The van der Waals surface area contributed by atoms with E-state index >= 15 is 0 Å². The third-order valence-electron chi connectivity index (χ3n) is 2.47. The molecule has 0 fully saturated rings. The summed E-state index contributed by atoms with van der Waals surface area (Å²) in [4.78, 5) is 11.8. The Morgan fingerprint density at radius 1 is 1.56 bits per heavy atom. The summed E-state index contributed by atoms with van der Waals surface area (Å²) in [5.74, 6) is 0.426. The van der Waals surface area contributed by atoms with E-state index < -0.39 is 0 Å². The Balaban J connectivity index is 2.04. The van der Waals surface area contributed by atoms with Crippen molar-refractivity contribution < 1.29 is 4.79 Å². The Labute approximate surface area is 104 Å². The smallest absolute Gasteiger partial charge is 0.251 e. The summed E-state index contributed by atoms with van der Waals surface area (Å²) in [6.45, 7) is 0.298. The normalized spacial score (nSPS) is 9.78. The van der Waals surface area contributed by atoms with E-state index in [0.29, 0.717) is 23.5 Å². The summed E-state index contributed by atoms with van der Waals surface area (Å²) in [5, 5.41) is 19.1. The minimum atomic E-state index is -0.241. The molecule has 2 rings (SSSR count). The van der Waals surface area contributed by atoms with Crippen LogP contribution in [-0.2, 0) is 13.6 Å². The van der Waals surface area contributed by atoms with E-state index in [1.165, 1.54) is 0 Å². The highest BCUT2D eigenvalue weighted by molar-refractivity contribution is 5.94. The molecule has 1 aromatic carbocycles. The number of aryl methyl sites for hydroxylation is 1. The van der Waals surface area contributed by atoms with E-state index in [-0.39, 0.29) is 5.91 Å². The lowest BCUT2D eigenvalue weighted by Gasteiger charge is -2.04. The lowest BCUT2D eigenvalue weighted by molar-refractivity contribution is 0.0949. The molecule has 1 aromatic heterocycles. The van der Waals surface area contributed by atoms with Gasteiger partial charge in [0.15, 0.2) is 5.82 Å². The van der Waals surface area contributed by atoms with Crippen LogP contribution in [0, 0.1) is 11.3 Å². The first kappa shape index (κ1) is 11.8. The van der Waals surface area contributed by atoms with Crippen LogP contribution in [0.5, 0.6) is 0 Å². The lowest BCUT2D eigenvalue weighted by Crippen LogP contribution is -2.24. The van der Waals surface area contributed by atoms with Crippen molar-refractivity contribution in [1.82, 2.24) is 20.1 Å². The summed E-state index contributed by atoms with van der Waals surface area (Å²) in [5.41, 5.74) is 0.914. The number of nitrogens with zero attached hydrogens (tertiary/aromatic N) is 4. The average Bonchev–Trinajstić information content (AvgIpc) is 2.81. The summed E-state index contributed by atoms with van der Waals surface area (Å²) < 4.78 is 1.73. The molecule has 2 aromatic rings. The van der Waals surface area contributed by atoms with Gasteiger partial charge in [-0.25, -0.2) is 0 Å². The molecule has 0 spiro atoms. The number of amides is 1. The number of nitriles is 1. The maximum absolute atomic E-state index is 11.8. The van der Waals surface area contributed by atoms with Crippen LogP contribution in [0.15, 0.2) is 30.6 Å². The molecule has 0 aliphatic carbocycles. The molecule has 0 bridgehead atoms. The molecule has 1 N–H and O–H groups in total. The molecule has 0 radical (unpaired) electrons. The van der Waals surface area contributed by atoms with Gasteiger partial charge in [0.25, 0.3) is 5.91 Å². The monoisotopic (exact) mass is 241 g/mol. The number of hydrogen-bond donors (Lipinski definition) is 1. The fourth-order valence-corrected chi connectivity index (χ4v) is 1.46. The van der Waals surface area contributed by atoms with E-state index in [4.69, 9.17) is 5.26 Å². The van der Waals surface area contributed by atoms with Crippen molar-refractivity contribution in [2.24, 2.45) is 7.05 Å². The van der Waals surface area contributed by atoms with E-state index in [1.54, 1.807) is 42.2 Å². The maximum Gasteiger partial charge on any atom is 0.251 e. The van der Waals surface area contributed by atoms with Gasteiger partial charge in [0, 0.05) is 12.6 Å². The van der Waals surface area contributed by atoms with Gasteiger partial charge < -0.3 is 9.88 Å². The number of aromatic nitrogens is 3. The van der Waals surface area contributed by atoms with Crippen LogP contribution in [0.3, 0.4) is 0 Å². The Kier molecular flexibility index (Phi) is 3.34. The van der Waals surface area contributed by atoms with Crippen molar-refractivity contribution in [3.8, 4) is 6.07 Å². The topological polar surface area (TPSA) is 83.6 Å². The standard InChI is InChI=1S/C12H11N5O/c1-17-8-15-16-11(17)7-14-12(18)10-4-2-3-9(5-10)6-13/h2-5,8H,7H2,1H3,(H,14,18). The van der Waals surface area contributed by atoms with Gasteiger partial charge in [-0.05, 0) is 18.2 Å². The van der Waals surface area contributed by atoms with Gasteiger partial charge >= 0.3 is 0 Å². The van der Waals surface area contributed by atoms with Crippen LogP contribution >= 0.6 is 0 Å². The molecule has 0 saturated carbocycles. The van der Waals surface area contributed by atoms with E-state index in [0.717, 1.165) is 0 Å². The number of carbonyl (C=O) groups excluding carboxylic acids is 1. The molecule has 1 heterocycles. The number of carbonyl (C=O) groups is 1. The van der Waals surface area contributed by atoms with E-state index in [2.05, 4.69) is 15.5 Å². The van der Waals surface area contributed by atoms with Gasteiger partial charge in [0.1, 0.15) is 6.33 Å². The lowest BCUT2D eigenvalue weighted by atomic mass is 10.1. The minimum absolute atomic E-state index is 0.241. The molecule has 6 heteroatoms. The largest absolute Gasteiger partial charge is 0.345 e. The molecule has 90 valence electrons. The fraction of sp³-hybridized carbons (Fsp3) is 0.167. The van der Waals surface area contributed by atoms with E-state index in [9.17, 15) is 4.79 Å². The molecule has 18 heavy (non-hydrogen) atoms.